The van der Waals surface area contributed by atoms with Crippen LogP contribution in [0.15, 0.2) is 24.3 Å². The van der Waals surface area contributed by atoms with Gasteiger partial charge in [0.2, 0.25) is 5.91 Å². The maximum Gasteiger partial charge on any atom is 0.224 e. The molecule has 1 atom stereocenters. The second kappa shape index (κ2) is 5.64. The van der Waals surface area contributed by atoms with Crippen molar-refractivity contribution in [2.75, 3.05) is 13.1 Å². The van der Waals surface area contributed by atoms with Gasteiger partial charge >= 0.3 is 0 Å². The van der Waals surface area contributed by atoms with Crippen LogP contribution < -0.4 is 16.4 Å². The average Bonchev–Trinajstić information content (AvgIpc) is 2.90. The molecule has 5 heteroatoms. The third-order valence-corrected chi connectivity index (χ3v) is 3.16. The van der Waals surface area contributed by atoms with E-state index in [-0.39, 0.29) is 17.7 Å². The number of carbonyl (C=O) groups is 1. The van der Waals surface area contributed by atoms with E-state index in [0.29, 0.717) is 12.1 Å². The Labute approximate surface area is 106 Å². The summed E-state index contributed by atoms with van der Waals surface area (Å²) >= 11 is 0. The van der Waals surface area contributed by atoms with Gasteiger partial charge in [-0.1, -0.05) is 24.3 Å². The van der Waals surface area contributed by atoms with Gasteiger partial charge < -0.3 is 16.4 Å². The Bertz CT molecular complexity index is 435. The van der Waals surface area contributed by atoms with Gasteiger partial charge in [-0.05, 0) is 18.5 Å². The average molecular weight is 246 g/mol. The molecule has 1 fully saturated rings. The van der Waals surface area contributed by atoms with Crippen molar-refractivity contribution in [3.05, 3.63) is 35.4 Å². The SMILES string of the molecule is N=C(N)c1ccc(CNC(=O)C2CCNC2)cc1. The summed E-state index contributed by atoms with van der Waals surface area (Å²) in [5, 5.41) is 13.4. The summed E-state index contributed by atoms with van der Waals surface area (Å²) in [5.41, 5.74) is 7.09. The Kier molecular flexibility index (Phi) is 3.94. The zero-order valence-electron chi connectivity index (χ0n) is 10.2. The lowest BCUT2D eigenvalue weighted by atomic mass is 10.1. The van der Waals surface area contributed by atoms with E-state index >= 15 is 0 Å². The third kappa shape index (κ3) is 3.07. The Morgan fingerprint density at radius 1 is 1.44 bits per heavy atom. The summed E-state index contributed by atoms with van der Waals surface area (Å²) in [5.74, 6) is 0.264. The monoisotopic (exact) mass is 246 g/mol. The molecule has 96 valence electrons. The van der Waals surface area contributed by atoms with E-state index in [1.54, 1.807) is 12.1 Å². The van der Waals surface area contributed by atoms with Gasteiger partial charge in [0.25, 0.3) is 0 Å². The Morgan fingerprint density at radius 2 is 2.17 bits per heavy atom. The van der Waals surface area contributed by atoms with Gasteiger partial charge in [0.15, 0.2) is 0 Å². The van der Waals surface area contributed by atoms with Crippen LogP contribution >= 0.6 is 0 Å². The largest absolute Gasteiger partial charge is 0.384 e. The molecule has 1 heterocycles. The molecule has 0 aliphatic carbocycles. The zero-order valence-corrected chi connectivity index (χ0v) is 10.2. The summed E-state index contributed by atoms with van der Waals surface area (Å²) < 4.78 is 0. The number of nitrogens with one attached hydrogen (secondary N) is 3. The van der Waals surface area contributed by atoms with E-state index in [1.165, 1.54) is 0 Å². The third-order valence-electron chi connectivity index (χ3n) is 3.16. The highest BCUT2D eigenvalue weighted by molar-refractivity contribution is 5.94. The molecule has 1 aromatic rings. The molecule has 1 aliphatic rings. The molecule has 0 saturated carbocycles. The van der Waals surface area contributed by atoms with E-state index in [4.69, 9.17) is 11.1 Å². The molecule has 1 unspecified atom stereocenters. The second-order valence-electron chi connectivity index (χ2n) is 4.52. The maximum absolute atomic E-state index is 11.8. The van der Waals surface area contributed by atoms with Crippen molar-refractivity contribution in [2.45, 2.75) is 13.0 Å². The minimum absolute atomic E-state index is 0.0580. The molecule has 0 bridgehead atoms. The molecule has 5 nitrogen and oxygen atoms in total. The van der Waals surface area contributed by atoms with Gasteiger partial charge in [-0.15, -0.1) is 0 Å². The van der Waals surface area contributed by atoms with Crippen LogP contribution in [0, 0.1) is 11.3 Å². The summed E-state index contributed by atoms with van der Waals surface area (Å²) in [4.78, 5) is 11.8. The van der Waals surface area contributed by atoms with E-state index in [9.17, 15) is 4.79 Å². The fraction of sp³-hybridized carbons (Fsp3) is 0.385. The van der Waals surface area contributed by atoms with Crippen molar-refractivity contribution >= 4 is 11.7 Å². The zero-order chi connectivity index (χ0) is 13.0. The number of nitrogen functional groups attached to an aromatic ring is 1. The fourth-order valence-electron chi connectivity index (χ4n) is 2.01. The normalized spacial score (nSPS) is 18.6. The number of amides is 1. The van der Waals surface area contributed by atoms with Gasteiger partial charge in [-0.3, -0.25) is 10.2 Å². The Hall–Kier alpha value is -1.88. The summed E-state index contributed by atoms with van der Waals surface area (Å²) in [7, 11) is 0. The first-order valence-corrected chi connectivity index (χ1v) is 6.08. The quantitative estimate of drug-likeness (QED) is 0.452. The van der Waals surface area contributed by atoms with E-state index in [1.807, 2.05) is 12.1 Å². The van der Waals surface area contributed by atoms with Crippen molar-refractivity contribution < 1.29 is 4.79 Å². The first-order valence-electron chi connectivity index (χ1n) is 6.08. The molecule has 0 radical (unpaired) electrons. The molecule has 1 saturated heterocycles. The highest BCUT2D eigenvalue weighted by Crippen LogP contribution is 2.08. The number of carbonyl (C=O) groups excluding carboxylic acids is 1. The van der Waals surface area contributed by atoms with Crippen LogP contribution in [0.2, 0.25) is 0 Å². The van der Waals surface area contributed by atoms with Gasteiger partial charge in [-0.2, -0.15) is 0 Å². The van der Waals surface area contributed by atoms with E-state index in [2.05, 4.69) is 10.6 Å². The highest BCUT2D eigenvalue weighted by atomic mass is 16.1. The van der Waals surface area contributed by atoms with Gasteiger partial charge in [0.1, 0.15) is 5.84 Å². The Balaban J connectivity index is 1.86. The minimum Gasteiger partial charge on any atom is -0.384 e. The minimum atomic E-state index is 0.0580. The van der Waals surface area contributed by atoms with Crippen LogP contribution in [0.5, 0.6) is 0 Å². The molecule has 1 aliphatic heterocycles. The van der Waals surface area contributed by atoms with Crippen LogP contribution in [0.3, 0.4) is 0 Å². The predicted octanol–water partition coefficient (Wildman–Crippen LogP) is 0.196. The molecule has 1 amide bonds. The molecule has 0 spiro atoms. The van der Waals surface area contributed by atoms with E-state index < -0.39 is 0 Å². The standard InChI is InChI=1S/C13H18N4O/c14-12(15)10-3-1-9(2-4-10)7-17-13(18)11-5-6-16-8-11/h1-4,11,16H,5-8H2,(H3,14,15)(H,17,18). The van der Waals surface area contributed by atoms with Crippen LogP contribution in [0.1, 0.15) is 17.5 Å². The Morgan fingerprint density at radius 3 is 2.72 bits per heavy atom. The van der Waals surface area contributed by atoms with Crippen molar-refractivity contribution in [2.24, 2.45) is 11.7 Å². The van der Waals surface area contributed by atoms with E-state index in [0.717, 1.165) is 25.1 Å². The lowest BCUT2D eigenvalue weighted by molar-refractivity contribution is -0.124. The first kappa shape index (κ1) is 12.6. The number of nitrogens with two attached hydrogens (primary N) is 1. The molecule has 0 aromatic heterocycles. The molecule has 5 N–H and O–H groups in total. The maximum atomic E-state index is 11.8. The lowest BCUT2D eigenvalue weighted by Gasteiger charge is -2.10. The lowest BCUT2D eigenvalue weighted by Crippen LogP contribution is -2.31. The summed E-state index contributed by atoms with van der Waals surface area (Å²) in [6.45, 7) is 2.22. The van der Waals surface area contributed by atoms with Crippen molar-refractivity contribution in [1.29, 1.82) is 5.41 Å². The van der Waals surface area contributed by atoms with Gasteiger partial charge in [-0.25, -0.2) is 0 Å². The van der Waals surface area contributed by atoms with Crippen LogP contribution in [0.25, 0.3) is 0 Å². The number of benzene rings is 1. The van der Waals surface area contributed by atoms with Crippen molar-refractivity contribution in [3.8, 4) is 0 Å². The van der Waals surface area contributed by atoms with Crippen molar-refractivity contribution in [3.63, 3.8) is 0 Å². The van der Waals surface area contributed by atoms with Gasteiger partial charge in [0, 0.05) is 18.7 Å². The number of hydrogen-bond acceptors (Lipinski definition) is 3. The van der Waals surface area contributed by atoms with Crippen LogP contribution in [-0.2, 0) is 11.3 Å². The van der Waals surface area contributed by atoms with Crippen molar-refractivity contribution in [1.82, 2.24) is 10.6 Å². The molecule has 2 rings (SSSR count). The second-order valence-corrected chi connectivity index (χ2v) is 4.52. The first-order chi connectivity index (χ1) is 8.66. The topological polar surface area (TPSA) is 91.0 Å². The molecule has 18 heavy (non-hydrogen) atoms. The smallest absolute Gasteiger partial charge is 0.224 e. The number of amidine groups is 1. The summed E-state index contributed by atoms with van der Waals surface area (Å²) in [6, 6.07) is 7.34. The van der Waals surface area contributed by atoms with Gasteiger partial charge in [0.05, 0.1) is 5.92 Å². The molecular weight excluding hydrogens is 228 g/mol. The summed E-state index contributed by atoms with van der Waals surface area (Å²) in [6.07, 6.45) is 0.912. The fourth-order valence-corrected chi connectivity index (χ4v) is 2.01. The predicted molar refractivity (Wildman–Crippen MR) is 70.3 cm³/mol. The molecular formula is C13H18N4O. The highest BCUT2D eigenvalue weighted by Gasteiger charge is 2.21. The molecule has 1 aromatic carbocycles. The number of hydrogen-bond donors (Lipinski definition) is 4. The van der Waals surface area contributed by atoms with Crippen LogP contribution in [-0.4, -0.2) is 24.8 Å². The van der Waals surface area contributed by atoms with Crippen LogP contribution in [0.4, 0.5) is 0 Å². The number of rotatable bonds is 4.